The Kier molecular flexibility index (Phi) is 6.26. The topological polar surface area (TPSA) is 82.1 Å². The molecule has 1 aromatic carbocycles. The highest BCUT2D eigenvalue weighted by molar-refractivity contribution is 5.89. The monoisotopic (exact) mass is 496 g/mol. The lowest BCUT2D eigenvalue weighted by Gasteiger charge is -2.66. The molecule has 5 rings (SSSR count). The molecule has 0 heterocycles. The van der Waals surface area contributed by atoms with Crippen LogP contribution >= 0.6 is 0 Å². The van der Waals surface area contributed by atoms with Crippen molar-refractivity contribution in [2.45, 2.75) is 77.9 Å². The maximum absolute atomic E-state index is 13.2. The first-order valence-corrected chi connectivity index (χ1v) is 13.4. The number of allylic oxidation sites excluding steroid dienone is 1. The lowest BCUT2D eigenvalue weighted by molar-refractivity contribution is -0.232. The molecule has 196 valence electrons. The summed E-state index contributed by atoms with van der Waals surface area (Å²) in [7, 11) is 1.59. The number of carbonyl (C=O) groups excluding carboxylic acids is 2. The van der Waals surface area contributed by atoms with Gasteiger partial charge in [0, 0.05) is 17.8 Å². The van der Waals surface area contributed by atoms with Gasteiger partial charge in [-0.1, -0.05) is 26.0 Å². The largest absolute Gasteiger partial charge is 0.497 e. The second kappa shape index (κ2) is 8.90. The molecule has 1 unspecified atom stereocenters. The van der Waals surface area contributed by atoms with E-state index in [4.69, 9.17) is 14.2 Å². The highest BCUT2D eigenvalue weighted by Gasteiger charge is 2.68. The van der Waals surface area contributed by atoms with Crippen molar-refractivity contribution in [3.05, 3.63) is 42.0 Å². The molecule has 0 aliphatic heterocycles. The Morgan fingerprint density at radius 3 is 2.50 bits per heavy atom. The van der Waals surface area contributed by atoms with E-state index >= 15 is 0 Å². The van der Waals surface area contributed by atoms with Gasteiger partial charge < -0.3 is 19.3 Å². The molecule has 8 atom stereocenters. The molecule has 0 amide bonds. The minimum Gasteiger partial charge on any atom is -0.497 e. The molecule has 6 heteroatoms. The van der Waals surface area contributed by atoms with Crippen LogP contribution in [0.25, 0.3) is 0 Å². The quantitative estimate of drug-likeness (QED) is 0.438. The molecule has 0 radical (unpaired) electrons. The maximum atomic E-state index is 13.2. The highest BCUT2D eigenvalue weighted by atomic mass is 16.6. The minimum absolute atomic E-state index is 0.0350. The van der Waals surface area contributed by atoms with E-state index in [0.717, 1.165) is 32.1 Å². The number of hydrogen-bond acceptors (Lipinski definition) is 6. The summed E-state index contributed by atoms with van der Waals surface area (Å²) in [5, 5.41) is 11.7. The lowest BCUT2D eigenvalue weighted by Crippen LogP contribution is -2.65. The Hall–Kier alpha value is -2.34. The minimum atomic E-state index is -0.601. The Morgan fingerprint density at radius 1 is 1.11 bits per heavy atom. The average Bonchev–Trinajstić information content (AvgIpc) is 3.11. The number of hydrogen-bond donors (Lipinski definition) is 1. The van der Waals surface area contributed by atoms with E-state index in [2.05, 4.69) is 20.4 Å². The van der Waals surface area contributed by atoms with E-state index < -0.39 is 17.6 Å². The lowest BCUT2D eigenvalue weighted by atomic mass is 9.40. The Bertz CT molecular complexity index is 1050. The van der Waals surface area contributed by atoms with Crippen LogP contribution in [0.3, 0.4) is 0 Å². The second-order valence-electron chi connectivity index (χ2n) is 12.4. The summed E-state index contributed by atoms with van der Waals surface area (Å²) in [6.07, 6.45) is 5.59. The van der Waals surface area contributed by atoms with Crippen molar-refractivity contribution in [3.8, 4) is 5.75 Å². The third-order valence-corrected chi connectivity index (χ3v) is 10.6. The molecule has 1 N–H and O–H groups in total. The number of aliphatic hydroxyl groups is 1. The molecule has 0 aromatic heterocycles. The van der Waals surface area contributed by atoms with Crippen molar-refractivity contribution in [3.63, 3.8) is 0 Å². The number of benzene rings is 1. The summed E-state index contributed by atoms with van der Waals surface area (Å²) in [6.45, 7) is 10.4. The fraction of sp³-hybridized carbons (Fsp3) is 0.667. The zero-order valence-corrected chi connectivity index (χ0v) is 22.0. The van der Waals surface area contributed by atoms with Crippen molar-refractivity contribution in [1.29, 1.82) is 0 Å². The Morgan fingerprint density at radius 2 is 1.83 bits per heavy atom. The first kappa shape index (κ1) is 25.3. The van der Waals surface area contributed by atoms with Gasteiger partial charge in [0.25, 0.3) is 0 Å². The van der Waals surface area contributed by atoms with Crippen LogP contribution in [0.4, 0.5) is 0 Å². The van der Waals surface area contributed by atoms with Crippen LogP contribution in [0.2, 0.25) is 0 Å². The average molecular weight is 497 g/mol. The zero-order valence-electron chi connectivity index (χ0n) is 22.0. The fourth-order valence-electron chi connectivity index (χ4n) is 8.85. The molecule has 2 bridgehead atoms. The number of aliphatic hydroxyl groups excluding tert-OH is 1. The highest BCUT2D eigenvalue weighted by Crippen LogP contribution is 2.72. The van der Waals surface area contributed by atoms with Gasteiger partial charge >= 0.3 is 11.9 Å². The molecule has 4 aliphatic carbocycles. The molecule has 4 fully saturated rings. The smallest absolute Gasteiger partial charge is 0.338 e. The van der Waals surface area contributed by atoms with Crippen LogP contribution in [0.5, 0.6) is 5.75 Å². The summed E-state index contributed by atoms with van der Waals surface area (Å²) in [5.74, 6) is 0.913. The summed E-state index contributed by atoms with van der Waals surface area (Å²) >= 11 is 0. The SMILES string of the molecule is C=C1C[C@]23C[C@H]1CC[C@H]2[C@]1(C)CC[C@@H](OC(=O)c2ccc(OC)cc2)[C@](C)(COC(C)=O)C1C[C@@H]3O. The van der Waals surface area contributed by atoms with Crippen molar-refractivity contribution in [2.75, 3.05) is 13.7 Å². The zero-order chi connectivity index (χ0) is 25.9. The van der Waals surface area contributed by atoms with Crippen LogP contribution in [-0.4, -0.2) is 43.0 Å². The van der Waals surface area contributed by atoms with Crippen LogP contribution < -0.4 is 4.74 Å². The fourth-order valence-corrected chi connectivity index (χ4v) is 8.85. The molecule has 4 saturated carbocycles. The van der Waals surface area contributed by atoms with Crippen molar-refractivity contribution < 1.29 is 28.9 Å². The summed E-state index contributed by atoms with van der Waals surface area (Å²) in [4.78, 5) is 25.1. The standard InChI is InChI=1S/C30H40O6/c1-18-15-30-16-21(18)8-11-23(30)28(3)13-12-26(36-27(33)20-6-9-22(34-5)10-7-20)29(4,17-35-19(2)31)24(28)14-25(30)32/h6-7,9-10,21,23-26,32H,1,8,11-17H2,2-5H3/t21-,23+,24?,25+,26-,28+,29-,30+/m1/s1. The molecular weight excluding hydrogens is 456 g/mol. The van der Waals surface area contributed by atoms with Gasteiger partial charge in [-0.3, -0.25) is 4.79 Å². The summed E-state index contributed by atoms with van der Waals surface area (Å²) in [5.41, 5.74) is 1.04. The van der Waals surface area contributed by atoms with Gasteiger partial charge in [0.15, 0.2) is 0 Å². The predicted molar refractivity (Wildman–Crippen MR) is 135 cm³/mol. The van der Waals surface area contributed by atoms with Crippen LogP contribution in [0.1, 0.15) is 76.1 Å². The van der Waals surface area contributed by atoms with Gasteiger partial charge in [0.05, 0.1) is 18.8 Å². The predicted octanol–water partition coefficient (Wildman–Crippen LogP) is 5.33. The molecule has 1 aromatic rings. The number of ether oxygens (including phenoxy) is 3. The maximum Gasteiger partial charge on any atom is 0.338 e. The van der Waals surface area contributed by atoms with Gasteiger partial charge in [0.2, 0.25) is 0 Å². The van der Waals surface area contributed by atoms with Crippen molar-refractivity contribution >= 4 is 11.9 Å². The number of fused-ring (bicyclic) bond motifs is 3. The van der Waals surface area contributed by atoms with Gasteiger partial charge in [-0.05, 0) is 92.4 Å². The normalized spacial score (nSPS) is 41.1. The van der Waals surface area contributed by atoms with E-state index in [1.807, 2.05) is 0 Å². The molecule has 6 nitrogen and oxygen atoms in total. The Balaban J connectivity index is 1.46. The third-order valence-electron chi connectivity index (χ3n) is 10.6. The molecule has 4 aliphatic rings. The van der Waals surface area contributed by atoms with Crippen molar-refractivity contribution in [2.24, 2.45) is 34.0 Å². The van der Waals surface area contributed by atoms with E-state index in [1.54, 1.807) is 31.4 Å². The first-order valence-electron chi connectivity index (χ1n) is 13.4. The summed E-state index contributed by atoms with van der Waals surface area (Å²) in [6, 6.07) is 6.90. The van der Waals surface area contributed by atoms with Gasteiger partial charge in [0.1, 0.15) is 18.5 Å². The Labute approximate surface area is 214 Å². The van der Waals surface area contributed by atoms with Gasteiger partial charge in [-0.2, -0.15) is 0 Å². The molecule has 0 saturated heterocycles. The van der Waals surface area contributed by atoms with E-state index in [1.165, 1.54) is 12.5 Å². The van der Waals surface area contributed by atoms with Crippen molar-refractivity contribution in [1.82, 2.24) is 0 Å². The first-order chi connectivity index (χ1) is 17.0. The molecular formula is C30H40O6. The number of carbonyl (C=O) groups is 2. The summed E-state index contributed by atoms with van der Waals surface area (Å²) < 4.78 is 17.0. The number of rotatable bonds is 5. The number of esters is 2. The van der Waals surface area contributed by atoms with Crippen LogP contribution in [-0.2, 0) is 14.3 Å². The molecule has 1 spiro atoms. The van der Waals surface area contributed by atoms with Crippen LogP contribution in [0, 0.1) is 34.0 Å². The van der Waals surface area contributed by atoms with Gasteiger partial charge in [-0.15, -0.1) is 0 Å². The molecule has 36 heavy (non-hydrogen) atoms. The third kappa shape index (κ3) is 3.79. The number of methoxy groups -OCH3 is 1. The van der Waals surface area contributed by atoms with E-state index in [-0.39, 0.29) is 35.3 Å². The van der Waals surface area contributed by atoms with E-state index in [0.29, 0.717) is 36.0 Å². The second-order valence-corrected chi connectivity index (χ2v) is 12.4. The van der Waals surface area contributed by atoms with Gasteiger partial charge in [-0.25, -0.2) is 4.79 Å². The van der Waals surface area contributed by atoms with E-state index in [9.17, 15) is 14.7 Å². The van der Waals surface area contributed by atoms with Crippen LogP contribution in [0.15, 0.2) is 36.4 Å².